The van der Waals surface area contributed by atoms with Crippen LogP contribution in [0.15, 0.2) is 42.5 Å². The summed E-state index contributed by atoms with van der Waals surface area (Å²) in [7, 11) is 0. The molecule has 43 heavy (non-hydrogen) atoms. The third-order valence-electron chi connectivity index (χ3n) is 7.59. The molecular formula is C36H56N4O2S. The molecular weight excluding hydrogens is 552 g/mol. The van der Waals surface area contributed by atoms with Crippen molar-refractivity contribution in [1.82, 2.24) is 15.2 Å². The van der Waals surface area contributed by atoms with Gasteiger partial charge in [0.05, 0.1) is 11.2 Å². The predicted octanol–water partition coefficient (Wildman–Crippen LogP) is 9.65. The second-order valence-corrected chi connectivity index (χ2v) is 11.9. The second kappa shape index (κ2) is 21.8. The molecule has 3 rings (SSSR count). The summed E-state index contributed by atoms with van der Waals surface area (Å²) in [6, 6.07) is 15.0. The SMILES string of the molecule is CCCCCCCCCC(=O)O.CCCCN(CCCC)Cc1cccc2c3cccc(NC(=S)NCCC)cc-3nc12. The number of thiocarbonyl (C=S) groups is 1. The van der Waals surface area contributed by atoms with E-state index in [0.717, 1.165) is 62.3 Å². The Hall–Kier alpha value is -2.77. The number of carbonyl (C=O) groups is 1. The standard InChI is InChI=1S/C26H36N4S.C10H20O2/c1-4-7-16-30(17-8-5-2)19-20-11-9-14-23-22-13-10-12-21(18-24(22)29-25(20)23)28-26(31)27-15-6-3;1-2-3-4-5-6-7-8-9-10(11)12/h9-14,18H,4-8,15-17,19H2,1-3H3,(H2,27,28,31);2-9H2,1H3,(H,11,12). The van der Waals surface area contributed by atoms with E-state index in [9.17, 15) is 4.79 Å². The fraction of sp³-hybridized carbons (Fsp3) is 0.583. The predicted molar refractivity (Wildman–Crippen MR) is 188 cm³/mol. The number of anilines is 1. The molecule has 1 aliphatic heterocycles. The zero-order chi connectivity index (χ0) is 31.3. The van der Waals surface area contributed by atoms with Gasteiger partial charge in [0.1, 0.15) is 0 Å². The van der Waals surface area contributed by atoms with Gasteiger partial charge in [-0.05, 0) is 68.7 Å². The number of rotatable bonds is 19. The molecule has 0 radical (unpaired) electrons. The Morgan fingerprint density at radius 1 is 0.837 bits per heavy atom. The normalized spacial score (nSPS) is 11.0. The molecule has 0 fully saturated rings. The molecule has 0 amide bonds. The highest BCUT2D eigenvalue weighted by atomic mass is 32.1. The van der Waals surface area contributed by atoms with E-state index in [1.165, 1.54) is 74.3 Å². The average molecular weight is 609 g/mol. The molecule has 0 saturated carbocycles. The van der Waals surface area contributed by atoms with Crippen molar-refractivity contribution in [2.75, 3.05) is 25.0 Å². The fourth-order valence-corrected chi connectivity index (χ4v) is 5.33. The van der Waals surface area contributed by atoms with E-state index in [1.54, 1.807) is 0 Å². The Bertz CT molecular complexity index is 1180. The van der Waals surface area contributed by atoms with E-state index in [1.807, 2.05) is 0 Å². The summed E-state index contributed by atoms with van der Waals surface area (Å²) in [5, 5.41) is 16.8. The van der Waals surface area contributed by atoms with Gasteiger partial charge in [0, 0.05) is 36.1 Å². The van der Waals surface area contributed by atoms with Gasteiger partial charge in [-0.3, -0.25) is 9.69 Å². The number of nitrogens with zero attached hydrogens (tertiary/aromatic N) is 2. The summed E-state index contributed by atoms with van der Waals surface area (Å²) in [6.45, 7) is 13.0. The van der Waals surface area contributed by atoms with Gasteiger partial charge in [-0.2, -0.15) is 0 Å². The molecule has 2 aliphatic rings. The van der Waals surface area contributed by atoms with Crippen LogP contribution in [0.4, 0.5) is 5.69 Å². The lowest BCUT2D eigenvalue weighted by Gasteiger charge is -2.22. The Labute approximate surface area is 266 Å². The van der Waals surface area contributed by atoms with Gasteiger partial charge in [0.2, 0.25) is 0 Å². The maximum absolute atomic E-state index is 10.1. The second-order valence-electron chi connectivity index (χ2n) is 11.5. The smallest absolute Gasteiger partial charge is 0.303 e. The number of nitrogens with one attached hydrogen (secondary N) is 2. The van der Waals surface area contributed by atoms with E-state index in [2.05, 4.69) is 85.7 Å². The first-order valence-corrected chi connectivity index (χ1v) is 17.1. The average Bonchev–Trinajstić information content (AvgIpc) is 3.22. The fourth-order valence-electron chi connectivity index (χ4n) is 5.11. The summed E-state index contributed by atoms with van der Waals surface area (Å²) in [6.07, 6.45) is 14.6. The first-order valence-electron chi connectivity index (χ1n) is 16.7. The third kappa shape index (κ3) is 14.0. The molecule has 238 valence electrons. The van der Waals surface area contributed by atoms with Crippen LogP contribution in [-0.2, 0) is 11.3 Å². The highest BCUT2D eigenvalue weighted by molar-refractivity contribution is 7.80. The summed E-state index contributed by atoms with van der Waals surface area (Å²) in [5.74, 6) is -0.663. The number of para-hydroxylation sites is 1. The van der Waals surface area contributed by atoms with E-state index in [4.69, 9.17) is 22.3 Å². The Kier molecular flexibility index (Phi) is 18.5. The quantitative estimate of drug-likeness (QED) is 0.0924. The van der Waals surface area contributed by atoms with Crippen molar-refractivity contribution < 1.29 is 9.90 Å². The molecule has 1 aromatic carbocycles. The highest BCUT2D eigenvalue weighted by Crippen LogP contribution is 2.34. The number of aromatic nitrogens is 1. The lowest BCUT2D eigenvalue weighted by atomic mass is 10.1. The van der Waals surface area contributed by atoms with Crippen molar-refractivity contribution in [3.05, 3.63) is 48.0 Å². The molecule has 7 heteroatoms. The highest BCUT2D eigenvalue weighted by Gasteiger charge is 2.16. The van der Waals surface area contributed by atoms with Gasteiger partial charge in [-0.25, -0.2) is 4.98 Å². The van der Waals surface area contributed by atoms with Crippen LogP contribution in [0.2, 0.25) is 0 Å². The zero-order valence-electron chi connectivity index (χ0n) is 27.2. The minimum atomic E-state index is -0.663. The lowest BCUT2D eigenvalue weighted by molar-refractivity contribution is -0.137. The van der Waals surface area contributed by atoms with Gasteiger partial charge in [-0.15, -0.1) is 0 Å². The van der Waals surface area contributed by atoms with Crippen LogP contribution < -0.4 is 10.6 Å². The minimum Gasteiger partial charge on any atom is -0.481 e. The molecule has 1 aromatic rings. The number of benzene rings is 1. The topological polar surface area (TPSA) is 77.5 Å². The van der Waals surface area contributed by atoms with E-state index in [-0.39, 0.29) is 0 Å². The molecule has 1 heterocycles. The Morgan fingerprint density at radius 2 is 1.49 bits per heavy atom. The molecule has 0 bridgehead atoms. The lowest BCUT2D eigenvalue weighted by Crippen LogP contribution is -2.28. The molecule has 0 spiro atoms. The van der Waals surface area contributed by atoms with Crippen LogP contribution in [0.25, 0.3) is 22.2 Å². The van der Waals surface area contributed by atoms with E-state index < -0.39 is 5.97 Å². The van der Waals surface area contributed by atoms with Gasteiger partial charge >= 0.3 is 5.97 Å². The Morgan fingerprint density at radius 3 is 2.14 bits per heavy atom. The number of aliphatic carboxylic acids is 1. The molecule has 0 atom stereocenters. The largest absolute Gasteiger partial charge is 0.481 e. The number of carboxylic acid groups (broad SMARTS) is 1. The summed E-state index contributed by atoms with van der Waals surface area (Å²) >= 11 is 5.41. The minimum absolute atomic E-state index is 0.341. The molecule has 1 aliphatic carbocycles. The van der Waals surface area contributed by atoms with Crippen LogP contribution in [0.3, 0.4) is 0 Å². The number of fused-ring (bicyclic) bond motifs is 3. The van der Waals surface area contributed by atoms with Crippen LogP contribution in [-0.4, -0.2) is 45.7 Å². The first-order chi connectivity index (χ1) is 20.9. The van der Waals surface area contributed by atoms with Gasteiger partial charge < -0.3 is 15.7 Å². The van der Waals surface area contributed by atoms with Crippen molar-refractivity contribution in [2.45, 2.75) is 118 Å². The van der Waals surface area contributed by atoms with Crippen molar-refractivity contribution in [3.63, 3.8) is 0 Å². The number of hydrogen-bond donors (Lipinski definition) is 3. The third-order valence-corrected chi connectivity index (χ3v) is 7.83. The van der Waals surface area contributed by atoms with Crippen LogP contribution >= 0.6 is 12.2 Å². The first kappa shape index (κ1) is 36.4. The van der Waals surface area contributed by atoms with E-state index in [0.29, 0.717) is 11.5 Å². The molecule has 0 saturated heterocycles. The summed E-state index contributed by atoms with van der Waals surface area (Å²) in [5.41, 5.74) is 5.59. The maximum atomic E-state index is 10.1. The van der Waals surface area contributed by atoms with Crippen molar-refractivity contribution in [1.29, 1.82) is 0 Å². The number of hydrogen-bond acceptors (Lipinski definition) is 4. The molecule has 0 aromatic heterocycles. The molecule has 0 unspecified atom stereocenters. The monoisotopic (exact) mass is 608 g/mol. The van der Waals surface area contributed by atoms with Crippen molar-refractivity contribution in [3.8, 4) is 11.3 Å². The zero-order valence-corrected chi connectivity index (χ0v) is 28.0. The van der Waals surface area contributed by atoms with Crippen LogP contribution in [0, 0.1) is 0 Å². The molecule has 3 N–H and O–H groups in total. The summed E-state index contributed by atoms with van der Waals surface area (Å²) in [4.78, 5) is 17.8. The van der Waals surface area contributed by atoms with E-state index >= 15 is 0 Å². The molecule has 6 nitrogen and oxygen atoms in total. The maximum Gasteiger partial charge on any atom is 0.303 e. The van der Waals surface area contributed by atoms with Crippen LogP contribution in [0.5, 0.6) is 0 Å². The summed E-state index contributed by atoms with van der Waals surface area (Å²) < 4.78 is 0. The van der Waals surface area contributed by atoms with Gasteiger partial charge in [0.25, 0.3) is 0 Å². The number of unbranched alkanes of at least 4 members (excludes halogenated alkanes) is 8. The van der Waals surface area contributed by atoms with Crippen LogP contribution in [0.1, 0.15) is 117 Å². The van der Waals surface area contributed by atoms with Gasteiger partial charge in [0.15, 0.2) is 5.11 Å². The van der Waals surface area contributed by atoms with Crippen molar-refractivity contribution >= 4 is 39.9 Å². The number of carboxylic acids is 1. The van der Waals surface area contributed by atoms with Crippen molar-refractivity contribution in [2.24, 2.45) is 0 Å². The van der Waals surface area contributed by atoms with Gasteiger partial charge in [-0.1, -0.05) is 109 Å². The Balaban J connectivity index is 0.000000455.